The number of carbonyl (C=O) groups excluding carboxylic acids is 1. The fourth-order valence-electron chi connectivity index (χ4n) is 2.51. The van der Waals surface area contributed by atoms with Gasteiger partial charge in [-0.1, -0.05) is 5.16 Å². The van der Waals surface area contributed by atoms with Gasteiger partial charge < -0.3 is 19.9 Å². The number of nitrogens with zero attached hydrogens (tertiary/aromatic N) is 2. The van der Waals surface area contributed by atoms with Gasteiger partial charge in [0.1, 0.15) is 5.75 Å². The predicted octanol–water partition coefficient (Wildman–Crippen LogP) is 2.32. The van der Waals surface area contributed by atoms with Crippen LogP contribution in [0.1, 0.15) is 24.6 Å². The Bertz CT molecular complexity index is 654. The summed E-state index contributed by atoms with van der Waals surface area (Å²) in [5.41, 5.74) is 0.774. The molecule has 1 aromatic carbocycles. The highest BCUT2D eigenvalue weighted by Gasteiger charge is 2.20. The van der Waals surface area contributed by atoms with Gasteiger partial charge in [-0.25, -0.2) is 0 Å². The summed E-state index contributed by atoms with van der Waals surface area (Å²) in [6.45, 7) is 3.79. The van der Waals surface area contributed by atoms with Gasteiger partial charge in [-0.15, -0.1) is 12.4 Å². The standard InChI is InChI=1S/C16H20N4O3.ClH/c1-11-18-15(20-23-11)10-22-14-4-2-13(3-5-14)19-16(21)12-6-8-17-9-7-12;/h2-5,12,17H,6-10H2,1H3,(H,19,21);1H. The number of amides is 1. The predicted molar refractivity (Wildman–Crippen MR) is 91.3 cm³/mol. The van der Waals surface area contributed by atoms with E-state index in [0.717, 1.165) is 31.6 Å². The van der Waals surface area contributed by atoms with Gasteiger partial charge in [-0.05, 0) is 50.2 Å². The number of rotatable bonds is 5. The number of carbonyl (C=O) groups is 1. The number of hydrogen-bond donors (Lipinski definition) is 2. The molecule has 130 valence electrons. The van der Waals surface area contributed by atoms with Crippen LogP contribution < -0.4 is 15.4 Å². The number of anilines is 1. The molecule has 0 atom stereocenters. The average molecular weight is 353 g/mol. The van der Waals surface area contributed by atoms with Crippen LogP contribution in [-0.2, 0) is 11.4 Å². The molecule has 0 spiro atoms. The summed E-state index contributed by atoms with van der Waals surface area (Å²) in [6, 6.07) is 7.28. The molecule has 0 unspecified atom stereocenters. The number of aromatic nitrogens is 2. The van der Waals surface area contributed by atoms with Crippen molar-refractivity contribution in [3.63, 3.8) is 0 Å². The molecule has 3 rings (SSSR count). The van der Waals surface area contributed by atoms with E-state index in [-0.39, 0.29) is 30.8 Å². The van der Waals surface area contributed by atoms with Gasteiger partial charge in [-0.3, -0.25) is 4.79 Å². The third-order valence-corrected chi connectivity index (χ3v) is 3.77. The maximum absolute atomic E-state index is 12.2. The summed E-state index contributed by atoms with van der Waals surface area (Å²) >= 11 is 0. The first-order chi connectivity index (χ1) is 11.2. The summed E-state index contributed by atoms with van der Waals surface area (Å²) in [7, 11) is 0. The lowest BCUT2D eigenvalue weighted by Gasteiger charge is -2.21. The number of hydrogen-bond acceptors (Lipinski definition) is 6. The molecule has 24 heavy (non-hydrogen) atoms. The SMILES string of the molecule is Cc1nc(COc2ccc(NC(=O)C3CCNCC3)cc2)no1.Cl. The molecular formula is C16H21ClN4O3. The van der Waals surface area contributed by atoms with E-state index in [1.807, 2.05) is 24.3 Å². The van der Waals surface area contributed by atoms with Crippen LogP contribution in [0.3, 0.4) is 0 Å². The van der Waals surface area contributed by atoms with Gasteiger partial charge in [-0.2, -0.15) is 4.98 Å². The van der Waals surface area contributed by atoms with Crippen molar-refractivity contribution in [3.05, 3.63) is 36.0 Å². The fourth-order valence-corrected chi connectivity index (χ4v) is 2.51. The maximum atomic E-state index is 12.2. The lowest BCUT2D eigenvalue weighted by molar-refractivity contribution is -0.120. The number of halogens is 1. The molecule has 1 saturated heterocycles. The molecule has 1 aromatic heterocycles. The molecule has 0 radical (unpaired) electrons. The highest BCUT2D eigenvalue weighted by molar-refractivity contribution is 5.92. The molecule has 2 aromatic rings. The Hall–Kier alpha value is -2.12. The number of aryl methyl sites for hydroxylation is 1. The van der Waals surface area contributed by atoms with Gasteiger partial charge in [0, 0.05) is 18.5 Å². The van der Waals surface area contributed by atoms with Crippen molar-refractivity contribution in [3.8, 4) is 5.75 Å². The Labute approximate surface area is 146 Å². The van der Waals surface area contributed by atoms with Crippen molar-refractivity contribution in [2.24, 2.45) is 5.92 Å². The molecule has 1 aliphatic heterocycles. The topological polar surface area (TPSA) is 89.3 Å². The number of piperidine rings is 1. The minimum Gasteiger partial charge on any atom is -0.485 e. The summed E-state index contributed by atoms with van der Waals surface area (Å²) < 4.78 is 10.5. The number of nitrogens with one attached hydrogen (secondary N) is 2. The van der Waals surface area contributed by atoms with Crippen LogP contribution in [0.2, 0.25) is 0 Å². The highest BCUT2D eigenvalue weighted by Crippen LogP contribution is 2.19. The third-order valence-electron chi connectivity index (χ3n) is 3.77. The van der Waals surface area contributed by atoms with Crippen LogP contribution in [-0.4, -0.2) is 29.1 Å². The van der Waals surface area contributed by atoms with Gasteiger partial charge in [0.2, 0.25) is 17.6 Å². The molecule has 2 heterocycles. The van der Waals surface area contributed by atoms with Crippen LogP contribution in [0.25, 0.3) is 0 Å². The highest BCUT2D eigenvalue weighted by atomic mass is 35.5. The molecule has 8 heteroatoms. The summed E-state index contributed by atoms with van der Waals surface area (Å²) in [6.07, 6.45) is 1.77. The first-order valence-electron chi connectivity index (χ1n) is 7.74. The smallest absolute Gasteiger partial charge is 0.227 e. The van der Waals surface area contributed by atoms with Crippen molar-refractivity contribution in [1.29, 1.82) is 0 Å². The molecule has 7 nitrogen and oxygen atoms in total. The zero-order valence-electron chi connectivity index (χ0n) is 13.4. The van der Waals surface area contributed by atoms with E-state index in [1.165, 1.54) is 0 Å². The van der Waals surface area contributed by atoms with E-state index in [9.17, 15) is 4.79 Å². The quantitative estimate of drug-likeness (QED) is 0.858. The fraction of sp³-hybridized carbons (Fsp3) is 0.438. The molecule has 0 aliphatic carbocycles. The lowest BCUT2D eigenvalue weighted by Crippen LogP contribution is -2.34. The Kier molecular flexibility index (Phi) is 6.57. The summed E-state index contributed by atoms with van der Waals surface area (Å²) in [5.74, 6) is 1.88. The second kappa shape index (κ2) is 8.65. The van der Waals surface area contributed by atoms with E-state index in [2.05, 4.69) is 20.8 Å². The van der Waals surface area contributed by atoms with E-state index in [0.29, 0.717) is 17.5 Å². The molecule has 2 N–H and O–H groups in total. The molecular weight excluding hydrogens is 332 g/mol. The van der Waals surface area contributed by atoms with Crippen LogP contribution in [0.4, 0.5) is 5.69 Å². The summed E-state index contributed by atoms with van der Waals surface area (Å²) in [5, 5.41) is 9.98. The summed E-state index contributed by atoms with van der Waals surface area (Å²) in [4.78, 5) is 16.2. The van der Waals surface area contributed by atoms with Crippen LogP contribution in [0.5, 0.6) is 5.75 Å². The van der Waals surface area contributed by atoms with E-state index in [4.69, 9.17) is 9.26 Å². The monoisotopic (exact) mass is 352 g/mol. The third kappa shape index (κ3) is 4.94. The Morgan fingerprint density at radius 1 is 1.33 bits per heavy atom. The zero-order chi connectivity index (χ0) is 16.1. The van der Waals surface area contributed by atoms with Crippen LogP contribution >= 0.6 is 12.4 Å². The Morgan fingerprint density at radius 2 is 2.04 bits per heavy atom. The van der Waals surface area contributed by atoms with Crippen LogP contribution in [0, 0.1) is 12.8 Å². The molecule has 1 amide bonds. The van der Waals surface area contributed by atoms with Gasteiger partial charge >= 0.3 is 0 Å². The van der Waals surface area contributed by atoms with Gasteiger partial charge in [0.15, 0.2) is 6.61 Å². The Morgan fingerprint density at radius 3 is 2.67 bits per heavy atom. The van der Waals surface area contributed by atoms with Gasteiger partial charge in [0.05, 0.1) is 0 Å². The minimum absolute atomic E-state index is 0. The number of ether oxygens (including phenoxy) is 1. The molecule has 1 aliphatic rings. The Balaban J connectivity index is 0.00000208. The van der Waals surface area contributed by atoms with Crippen LogP contribution in [0.15, 0.2) is 28.8 Å². The largest absolute Gasteiger partial charge is 0.485 e. The van der Waals surface area contributed by atoms with Crippen molar-refractivity contribution in [2.45, 2.75) is 26.4 Å². The zero-order valence-corrected chi connectivity index (χ0v) is 14.3. The first kappa shape index (κ1) is 18.2. The second-order valence-electron chi connectivity index (χ2n) is 5.56. The van der Waals surface area contributed by atoms with Crippen molar-refractivity contribution >= 4 is 24.0 Å². The van der Waals surface area contributed by atoms with Crippen molar-refractivity contribution < 1.29 is 14.1 Å². The lowest BCUT2D eigenvalue weighted by atomic mass is 9.97. The second-order valence-corrected chi connectivity index (χ2v) is 5.56. The van der Waals surface area contributed by atoms with E-state index >= 15 is 0 Å². The first-order valence-corrected chi connectivity index (χ1v) is 7.74. The van der Waals surface area contributed by atoms with E-state index < -0.39 is 0 Å². The van der Waals surface area contributed by atoms with Gasteiger partial charge in [0.25, 0.3) is 0 Å². The minimum atomic E-state index is 0. The maximum Gasteiger partial charge on any atom is 0.227 e. The average Bonchev–Trinajstić information content (AvgIpc) is 3.00. The normalized spacial score (nSPS) is 14.7. The molecule has 1 fully saturated rings. The number of benzene rings is 1. The van der Waals surface area contributed by atoms with Crippen molar-refractivity contribution in [1.82, 2.24) is 15.5 Å². The van der Waals surface area contributed by atoms with E-state index in [1.54, 1.807) is 6.92 Å². The molecule has 0 saturated carbocycles. The molecule has 0 bridgehead atoms. The van der Waals surface area contributed by atoms with Crippen molar-refractivity contribution in [2.75, 3.05) is 18.4 Å².